The van der Waals surface area contributed by atoms with Crippen LogP contribution < -0.4 is 10.2 Å². The molecule has 1 heterocycles. The van der Waals surface area contributed by atoms with E-state index in [1.165, 1.54) is 9.80 Å². The van der Waals surface area contributed by atoms with Crippen LogP contribution in [0, 0.1) is 6.92 Å². The van der Waals surface area contributed by atoms with Crippen LogP contribution in [0.3, 0.4) is 0 Å². The molecule has 1 aliphatic heterocycles. The highest BCUT2D eigenvalue weighted by Crippen LogP contribution is 2.27. The zero-order chi connectivity index (χ0) is 22.0. The zero-order valence-electron chi connectivity index (χ0n) is 17.4. The molecule has 0 saturated carbocycles. The molecule has 0 radical (unpaired) electrons. The molecule has 1 saturated heterocycles. The van der Waals surface area contributed by atoms with Crippen LogP contribution in [0.5, 0.6) is 0 Å². The summed E-state index contributed by atoms with van der Waals surface area (Å²) in [4.78, 5) is 40.9. The lowest BCUT2D eigenvalue weighted by Gasteiger charge is -2.19. The van der Waals surface area contributed by atoms with Crippen LogP contribution in [0.4, 0.5) is 16.2 Å². The van der Waals surface area contributed by atoms with Crippen LogP contribution in [0.15, 0.2) is 78.9 Å². The lowest BCUT2D eigenvalue weighted by molar-refractivity contribution is -0.127. The van der Waals surface area contributed by atoms with Gasteiger partial charge in [-0.1, -0.05) is 48.0 Å². The summed E-state index contributed by atoms with van der Waals surface area (Å²) < 4.78 is 0. The van der Waals surface area contributed by atoms with Gasteiger partial charge in [0.15, 0.2) is 0 Å². The molecule has 4 rings (SSSR count). The predicted molar refractivity (Wildman–Crippen MR) is 120 cm³/mol. The monoisotopic (exact) mass is 413 g/mol. The summed E-state index contributed by atoms with van der Waals surface area (Å²) in [6.07, 6.45) is 0. The standard InChI is InChI=1S/C25H23N3O3/c1-17-8-14-22(15-9-17)28-18(2)24(30)27(25(28)31)16-19-10-12-20(13-11-19)23(29)26-21-6-4-3-5-7-21/h3-15,18H,16H2,1-2H3,(H,26,29). The highest BCUT2D eigenvalue weighted by molar-refractivity contribution is 6.14. The second-order valence-corrected chi connectivity index (χ2v) is 7.61. The fourth-order valence-electron chi connectivity index (χ4n) is 3.58. The number of carbonyl (C=O) groups excluding carboxylic acids is 3. The van der Waals surface area contributed by atoms with E-state index in [1.54, 1.807) is 31.2 Å². The van der Waals surface area contributed by atoms with E-state index in [2.05, 4.69) is 5.32 Å². The molecule has 6 heteroatoms. The van der Waals surface area contributed by atoms with Gasteiger partial charge in [0, 0.05) is 16.9 Å². The molecular formula is C25H23N3O3. The molecule has 0 aromatic heterocycles. The van der Waals surface area contributed by atoms with Gasteiger partial charge in [-0.05, 0) is 55.8 Å². The molecule has 1 atom stereocenters. The average molecular weight is 413 g/mol. The summed E-state index contributed by atoms with van der Waals surface area (Å²) in [6, 6.07) is 22.8. The predicted octanol–water partition coefficient (Wildman–Crippen LogP) is 4.60. The molecule has 1 unspecified atom stereocenters. The van der Waals surface area contributed by atoms with Crippen molar-refractivity contribution in [1.82, 2.24) is 4.90 Å². The fourth-order valence-corrected chi connectivity index (χ4v) is 3.58. The number of carbonyl (C=O) groups is 3. The number of urea groups is 1. The van der Waals surface area contributed by atoms with Gasteiger partial charge in [0.2, 0.25) is 0 Å². The van der Waals surface area contributed by atoms with Crippen molar-refractivity contribution in [1.29, 1.82) is 0 Å². The molecule has 1 aliphatic rings. The maximum atomic E-state index is 13.0. The van der Waals surface area contributed by atoms with Crippen molar-refractivity contribution in [3.05, 3.63) is 95.6 Å². The Labute approximate surface area is 181 Å². The number of anilines is 2. The third-order valence-electron chi connectivity index (χ3n) is 5.35. The first-order valence-electron chi connectivity index (χ1n) is 10.1. The van der Waals surface area contributed by atoms with E-state index in [0.717, 1.165) is 16.8 Å². The summed E-state index contributed by atoms with van der Waals surface area (Å²) in [7, 11) is 0. The molecule has 31 heavy (non-hydrogen) atoms. The number of benzene rings is 3. The van der Waals surface area contributed by atoms with Crippen LogP contribution in [0.1, 0.15) is 28.4 Å². The third-order valence-corrected chi connectivity index (χ3v) is 5.35. The lowest BCUT2D eigenvalue weighted by atomic mass is 10.1. The quantitative estimate of drug-likeness (QED) is 0.621. The Hall–Kier alpha value is -3.93. The van der Waals surface area contributed by atoms with Crippen molar-refractivity contribution in [3.63, 3.8) is 0 Å². The topological polar surface area (TPSA) is 69.7 Å². The largest absolute Gasteiger partial charge is 0.332 e. The average Bonchev–Trinajstić information content (AvgIpc) is 2.99. The van der Waals surface area contributed by atoms with Crippen molar-refractivity contribution in [2.75, 3.05) is 10.2 Å². The molecule has 0 aliphatic carbocycles. The van der Waals surface area contributed by atoms with Gasteiger partial charge in [-0.2, -0.15) is 0 Å². The summed E-state index contributed by atoms with van der Waals surface area (Å²) in [6.45, 7) is 3.86. The van der Waals surface area contributed by atoms with E-state index < -0.39 is 6.04 Å². The number of aryl methyl sites for hydroxylation is 1. The zero-order valence-corrected chi connectivity index (χ0v) is 17.4. The van der Waals surface area contributed by atoms with Gasteiger partial charge in [-0.3, -0.25) is 19.4 Å². The molecular weight excluding hydrogens is 390 g/mol. The maximum Gasteiger partial charge on any atom is 0.332 e. The van der Waals surface area contributed by atoms with Crippen LogP contribution in [-0.2, 0) is 11.3 Å². The molecule has 3 aromatic carbocycles. The first kappa shape index (κ1) is 20.3. The first-order chi connectivity index (χ1) is 14.9. The van der Waals surface area contributed by atoms with E-state index in [1.807, 2.05) is 61.5 Å². The Balaban J connectivity index is 1.46. The maximum absolute atomic E-state index is 13.0. The Morgan fingerprint density at radius 1 is 0.903 bits per heavy atom. The van der Waals surface area contributed by atoms with Crippen molar-refractivity contribution in [2.45, 2.75) is 26.4 Å². The Kier molecular flexibility index (Phi) is 5.54. The normalized spacial score (nSPS) is 16.0. The molecule has 156 valence electrons. The van der Waals surface area contributed by atoms with Gasteiger partial charge >= 0.3 is 6.03 Å². The molecule has 4 amide bonds. The minimum atomic E-state index is -0.564. The third kappa shape index (κ3) is 4.19. The highest BCUT2D eigenvalue weighted by Gasteiger charge is 2.43. The number of imide groups is 1. The number of amides is 4. The van der Waals surface area contributed by atoms with Gasteiger partial charge in [0.1, 0.15) is 6.04 Å². The Bertz CT molecular complexity index is 1110. The van der Waals surface area contributed by atoms with Crippen molar-refractivity contribution in [3.8, 4) is 0 Å². The SMILES string of the molecule is Cc1ccc(N2C(=O)N(Cc3ccc(C(=O)Nc4ccccc4)cc3)C(=O)C2C)cc1. The molecule has 3 aromatic rings. The minimum Gasteiger partial charge on any atom is -0.322 e. The van der Waals surface area contributed by atoms with Crippen molar-refractivity contribution >= 4 is 29.2 Å². The number of para-hydroxylation sites is 1. The smallest absolute Gasteiger partial charge is 0.322 e. The highest BCUT2D eigenvalue weighted by atomic mass is 16.2. The van der Waals surface area contributed by atoms with Gasteiger partial charge < -0.3 is 5.32 Å². The van der Waals surface area contributed by atoms with Gasteiger partial charge in [-0.25, -0.2) is 4.79 Å². The van der Waals surface area contributed by atoms with E-state index in [9.17, 15) is 14.4 Å². The first-order valence-corrected chi connectivity index (χ1v) is 10.1. The summed E-state index contributed by atoms with van der Waals surface area (Å²) in [5, 5.41) is 2.83. The number of nitrogens with zero attached hydrogens (tertiary/aromatic N) is 2. The second kappa shape index (κ2) is 8.44. The Morgan fingerprint density at radius 2 is 1.55 bits per heavy atom. The molecule has 1 fully saturated rings. The van der Waals surface area contributed by atoms with E-state index in [0.29, 0.717) is 11.3 Å². The van der Waals surface area contributed by atoms with Crippen LogP contribution in [0.25, 0.3) is 0 Å². The van der Waals surface area contributed by atoms with E-state index >= 15 is 0 Å². The van der Waals surface area contributed by atoms with Gasteiger partial charge in [0.05, 0.1) is 6.54 Å². The van der Waals surface area contributed by atoms with E-state index in [-0.39, 0.29) is 24.4 Å². The minimum absolute atomic E-state index is 0.158. The number of nitrogens with one attached hydrogen (secondary N) is 1. The summed E-state index contributed by atoms with van der Waals surface area (Å²) in [5.74, 6) is -0.457. The lowest BCUT2D eigenvalue weighted by Crippen LogP contribution is -2.33. The number of rotatable bonds is 5. The second-order valence-electron chi connectivity index (χ2n) is 7.61. The van der Waals surface area contributed by atoms with Gasteiger partial charge in [-0.15, -0.1) is 0 Å². The van der Waals surface area contributed by atoms with Crippen LogP contribution in [-0.4, -0.2) is 28.8 Å². The Morgan fingerprint density at radius 3 is 2.19 bits per heavy atom. The fraction of sp³-hybridized carbons (Fsp3) is 0.160. The van der Waals surface area contributed by atoms with Crippen molar-refractivity contribution < 1.29 is 14.4 Å². The molecule has 6 nitrogen and oxygen atoms in total. The number of hydrogen-bond acceptors (Lipinski definition) is 3. The molecule has 0 bridgehead atoms. The van der Waals surface area contributed by atoms with Crippen LogP contribution in [0.2, 0.25) is 0 Å². The number of hydrogen-bond donors (Lipinski definition) is 1. The summed E-state index contributed by atoms with van der Waals surface area (Å²) >= 11 is 0. The van der Waals surface area contributed by atoms with E-state index in [4.69, 9.17) is 0 Å². The molecule has 1 N–H and O–H groups in total. The van der Waals surface area contributed by atoms with Gasteiger partial charge in [0.25, 0.3) is 11.8 Å². The molecule has 0 spiro atoms. The van der Waals surface area contributed by atoms with Crippen molar-refractivity contribution in [2.24, 2.45) is 0 Å². The summed E-state index contributed by atoms with van der Waals surface area (Å²) in [5.41, 5.74) is 3.78. The van der Waals surface area contributed by atoms with Crippen LogP contribution >= 0.6 is 0 Å².